The highest BCUT2D eigenvalue weighted by atomic mass is 16.5. The molecular weight excluding hydrogens is 438 g/mol. The number of likely N-dealkylation sites (tertiary alicyclic amines) is 1. The Morgan fingerprint density at radius 1 is 1.11 bits per heavy atom. The predicted octanol–water partition coefficient (Wildman–Crippen LogP) is 4.45. The average molecular weight is 468 g/mol. The number of pyridine rings is 1. The van der Waals surface area contributed by atoms with Crippen molar-refractivity contribution in [3.05, 3.63) is 83.9 Å². The van der Waals surface area contributed by atoms with Gasteiger partial charge in [-0.3, -0.25) is 9.36 Å². The molecule has 35 heavy (non-hydrogen) atoms. The van der Waals surface area contributed by atoms with Crippen LogP contribution in [0.15, 0.2) is 67.0 Å². The molecule has 1 spiro atoms. The number of fused-ring (bicyclic) bond motifs is 2. The molecule has 4 aromatic rings. The Balaban J connectivity index is 1.38. The van der Waals surface area contributed by atoms with E-state index in [0.717, 1.165) is 60.4 Å². The molecule has 2 aromatic carbocycles. The molecule has 2 aromatic heterocycles. The molecule has 4 heterocycles. The van der Waals surface area contributed by atoms with Crippen LogP contribution >= 0.6 is 0 Å². The first kappa shape index (κ1) is 21.8. The summed E-state index contributed by atoms with van der Waals surface area (Å²) in [6, 6.07) is 17.6. The first-order chi connectivity index (χ1) is 17.0. The largest absolute Gasteiger partial charge is 0.487 e. The summed E-state index contributed by atoms with van der Waals surface area (Å²) in [5, 5.41) is 4.20. The highest BCUT2D eigenvalue weighted by Crippen LogP contribution is 2.44. The lowest BCUT2D eigenvalue weighted by molar-refractivity contribution is -0.0195. The maximum atomic E-state index is 13.9. The van der Waals surface area contributed by atoms with Crippen molar-refractivity contribution in [3.8, 4) is 11.6 Å². The monoisotopic (exact) mass is 467 g/mol. The summed E-state index contributed by atoms with van der Waals surface area (Å²) in [6.07, 6.45) is 6.28. The molecule has 1 saturated heterocycles. The molecule has 1 fully saturated rings. The van der Waals surface area contributed by atoms with E-state index in [1.54, 1.807) is 6.20 Å². The number of piperidine rings is 1. The van der Waals surface area contributed by atoms with Crippen molar-refractivity contribution in [3.63, 3.8) is 0 Å². The molecule has 7 heteroatoms. The Kier molecular flexibility index (Phi) is 5.29. The van der Waals surface area contributed by atoms with Crippen LogP contribution in [0.1, 0.15) is 47.1 Å². The third kappa shape index (κ3) is 3.96. The Morgan fingerprint density at radius 2 is 1.89 bits per heavy atom. The van der Waals surface area contributed by atoms with Crippen molar-refractivity contribution < 1.29 is 9.53 Å². The van der Waals surface area contributed by atoms with Gasteiger partial charge in [-0.1, -0.05) is 36.4 Å². The van der Waals surface area contributed by atoms with Crippen molar-refractivity contribution >= 4 is 16.8 Å². The molecule has 0 saturated carbocycles. The van der Waals surface area contributed by atoms with Crippen LogP contribution in [0.4, 0.5) is 0 Å². The second-order valence-corrected chi connectivity index (χ2v) is 9.75. The molecule has 1 unspecified atom stereocenters. The second kappa shape index (κ2) is 8.50. The number of hydrogen-bond acceptors (Lipinski definition) is 5. The number of nitrogens with zero attached hydrogens (tertiary/aromatic N) is 4. The number of nitrogens with one attached hydrogen (secondary N) is 1. The van der Waals surface area contributed by atoms with Crippen LogP contribution in [-0.4, -0.2) is 51.1 Å². The zero-order valence-corrected chi connectivity index (χ0v) is 20.1. The summed E-state index contributed by atoms with van der Waals surface area (Å²) in [4.78, 5) is 25.3. The number of imidazole rings is 1. The van der Waals surface area contributed by atoms with E-state index in [-0.39, 0.29) is 17.6 Å². The summed E-state index contributed by atoms with van der Waals surface area (Å²) in [6.45, 7) is 3.91. The smallest absolute Gasteiger partial charge is 0.252 e. The van der Waals surface area contributed by atoms with Gasteiger partial charge in [0.2, 0.25) is 0 Å². The Bertz CT molecular complexity index is 1400. The van der Waals surface area contributed by atoms with Crippen molar-refractivity contribution in [1.29, 1.82) is 0 Å². The van der Waals surface area contributed by atoms with E-state index < -0.39 is 0 Å². The minimum Gasteiger partial charge on any atom is -0.487 e. The number of hydrogen-bond donors (Lipinski definition) is 1. The quantitative estimate of drug-likeness (QED) is 0.482. The summed E-state index contributed by atoms with van der Waals surface area (Å²) in [5.41, 5.74) is 2.18. The van der Waals surface area contributed by atoms with Crippen LogP contribution in [0.2, 0.25) is 0 Å². The fourth-order valence-electron chi connectivity index (χ4n) is 5.41. The maximum absolute atomic E-state index is 13.9. The molecular formula is C28H29N5O2. The van der Waals surface area contributed by atoms with E-state index in [0.29, 0.717) is 11.4 Å². The van der Waals surface area contributed by atoms with Gasteiger partial charge in [0.25, 0.3) is 5.91 Å². The van der Waals surface area contributed by atoms with Crippen molar-refractivity contribution in [2.45, 2.75) is 37.8 Å². The molecule has 6 rings (SSSR count). The molecule has 178 valence electrons. The van der Waals surface area contributed by atoms with Gasteiger partial charge in [0.05, 0.1) is 17.1 Å². The minimum atomic E-state index is -0.252. The van der Waals surface area contributed by atoms with Gasteiger partial charge in [-0.05, 0) is 45.0 Å². The van der Waals surface area contributed by atoms with Crippen molar-refractivity contribution in [1.82, 2.24) is 24.8 Å². The van der Waals surface area contributed by atoms with Gasteiger partial charge in [0.15, 0.2) is 0 Å². The van der Waals surface area contributed by atoms with Crippen LogP contribution < -0.4 is 10.1 Å². The highest BCUT2D eigenvalue weighted by Gasteiger charge is 2.43. The third-order valence-electron chi connectivity index (χ3n) is 7.42. The molecule has 0 bridgehead atoms. The number of benzene rings is 2. The normalized spacial score (nSPS) is 19.3. The molecule has 7 nitrogen and oxygen atoms in total. The van der Waals surface area contributed by atoms with E-state index in [1.165, 1.54) is 0 Å². The first-order valence-electron chi connectivity index (χ1n) is 12.2. The van der Waals surface area contributed by atoms with Crippen molar-refractivity contribution in [2.24, 2.45) is 0 Å². The number of carbonyl (C=O) groups excluding carboxylic acids is 1. The fourth-order valence-corrected chi connectivity index (χ4v) is 5.41. The zero-order valence-electron chi connectivity index (χ0n) is 20.1. The van der Waals surface area contributed by atoms with Crippen LogP contribution in [-0.2, 0) is 0 Å². The molecule has 0 radical (unpaired) electrons. The summed E-state index contributed by atoms with van der Waals surface area (Å²) in [7, 11) is 2.15. The second-order valence-electron chi connectivity index (χ2n) is 9.75. The molecule has 1 amide bonds. The molecule has 2 aliphatic heterocycles. The molecule has 1 N–H and O–H groups in total. The zero-order chi connectivity index (χ0) is 24.0. The number of carbonyl (C=O) groups is 1. The SMILES string of the molecule is Cc1nccn1-c1cc(C(=O)NC2CC3(CCN(C)CC3)Oc3ccccc32)c2ccccc2n1. The van der Waals surface area contributed by atoms with Crippen molar-refractivity contribution in [2.75, 3.05) is 20.1 Å². The first-order valence-corrected chi connectivity index (χ1v) is 12.2. The lowest BCUT2D eigenvalue weighted by atomic mass is 9.80. The average Bonchev–Trinajstić information content (AvgIpc) is 3.31. The van der Waals surface area contributed by atoms with Crippen LogP contribution in [0, 0.1) is 6.92 Å². The number of aromatic nitrogens is 3. The number of amides is 1. The van der Waals surface area contributed by atoms with Gasteiger partial charge in [-0.2, -0.15) is 0 Å². The lowest BCUT2D eigenvalue weighted by Gasteiger charge is -2.46. The van der Waals surface area contributed by atoms with Gasteiger partial charge in [0, 0.05) is 42.9 Å². The number of aryl methyl sites for hydroxylation is 1. The van der Waals surface area contributed by atoms with Crippen LogP contribution in [0.5, 0.6) is 5.75 Å². The van der Waals surface area contributed by atoms with E-state index in [1.807, 2.05) is 66.2 Å². The lowest BCUT2D eigenvalue weighted by Crippen LogP contribution is -2.51. The summed E-state index contributed by atoms with van der Waals surface area (Å²) < 4.78 is 8.48. The molecule has 0 aliphatic carbocycles. The molecule has 2 aliphatic rings. The van der Waals surface area contributed by atoms with E-state index in [9.17, 15) is 4.79 Å². The van der Waals surface area contributed by atoms with Crippen LogP contribution in [0.3, 0.4) is 0 Å². The Labute approximate surface area is 204 Å². The van der Waals surface area contributed by atoms with E-state index in [2.05, 4.69) is 28.3 Å². The number of rotatable bonds is 3. The van der Waals surface area contributed by atoms with E-state index >= 15 is 0 Å². The topological polar surface area (TPSA) is 72.3 Å². The van der Waals surface area contributed by atoms with Gasteiger partial charge < -0.3 is 15.0 Å². The minimum absolute atomic E-state index is 0.104. The number of ether oxygens (including phenoxy) is 1. The summed E-state index contributed by atoms with van der Waals surface area (Å²) in [5.74, 6) is 2.28. The highest BCUT2D eigenvalue weighted by molar-refractivity contribution is 6.06. The standard InChI is InChI=1S/C28H29N5O2/c1-19-29-13-16-33(19)26-17-22(20-7-3-5-9-23(20)30-26)27(34)31-24-18-28(11-14-32(2)15-12-28)35-25-10-6-4-8-21(24)25/h3-10,13,16-17,24H,11-12,14-15,18H2,1-2H3,(H,31,34). The van der Waals surface area contributed by atoms with Crippen LogP contribution in [0.25, 0.3) is 16.7 Å². The van der Waals surface area contributed by atoms with Gasteiger partial charge >= 0.3 is 0 Å². The predicted molar refractivity (Wildman–Crippen MR) is 135 cm³/mol. The van der Waals surface area contributed by atoms with Gasteiger partial charge in [-0.15, -0.1) is 0 Å². The summed E-state index contributed by atoms with van der Waals surface area (Å²) >= 11 is 0. The van der Waals surface area contributed by atoms with E-state index in [4.69, 9.17) is 9.72 Å². The van der Waals surface area contributed by atoms with Gasteiger partial charge in [-0.25, -0.2) is 9.97 Å². The maximum Gasteiger partial charge on any atom is 0.252 e. The fraction of sp³-hybridized carbons (Fsp3) is 0.321. The molecule has 1 atom stereocenters. The Hall–Kier alpha value is -3.71. The van der Waals surface area contributed by atoms with Gasteiger partial charge in [0.1, 0.15) is 23.0 Å². The number of para-hydroxylation sites is 2. The third-order valence-corrected chi connectivity index (χ3v) is 7.42. The Morgan fingerprint density at radius 3 is 2.69 bits per heavy atom.